The largest absolute Gasteiger partial charge is 0.473 e. The Morgan fingerprint density at radius 1 is 1.07 bits per heavy atom. The first kappa shape index (κ1) is 22.7. The molecule has 2 aromatic carbocycles. The van der Waals surface area contributed by atoms with Gasteiger partial charge in [0.25, 0.3) is 0 Å². The van der Waals surface area contributed by atoms with Gasteiger partial charge in [0.1, 0.15) is 0 Å². The van der Waals surface area contributed by atoms with Crippen LogP contribution < -0.4 is 5.32 Å². The molecular formula is C19H16BrCl2N3O4. The van der Waals surface area contributed by atoms with E-state index in [4.69, 9.17) is 43.0 Å². The van der Waals surface area contributed by atoms with E-state index < -0.39 is 11.9 Å². The highest BCUT2D eigenvalue weighted by molar-refractivity contribution is 9.10. The zero-order valence-electron chi connectivity index (χ0n) is 15.1. The van der Waals surface area contributed by atoms with E-state index in [-0.39, 0.29) is 0 Å². The number of imidazole rings is 1. The van der Waals surface area contributed by atoms with E-state index in [2.05, 4.69) is 38.4 Å². The zero-order chi connectivity index (χ0) is 21.6. The lowest BCUT2D eigenvalue weighted by molar-refractivity contribution is -0.159. The Kier molecular flexibility index (Phi) is 8.07. The predicted octanol–water partition coefficient (Wildman–Crippen LogP) is 4.92. The number of benzene rings is 2. The molecule has 3 aromatic rings. The Balaban J connectivity index is 0.000000438. The average Bonchev–Trinajstić information content (AvgIpc) is 3.03. The normalized spacial score (nSPS) is 10.1. The van der Waals surface area contributed by atoms with Gasteiger partial charge in [0, 0.05) is 33.7 Å². The van der Waals surface area contributed by atoms with Gasteiger partial charge in [-0.1, -0.05) is 57.3 Å². The van der Waals surface area contributed by atoms with Gasteiger partial charge in [0.05, 0.1) is 11.9 Å². The van der Waals surface area contributed by atoms with Crippen LogP contribution in [0.4, 0.5) is 5.95 Å². The first-order valence-electron chi connectivity index (χ1n) is 8.11. The van der Waals surface area contributed by atoms with Gasteiger partial charge < -0.3 is 20.1 Å². The lowest BCUT2D eigenvalue weighted by Crippen LogP contribution is -2.09. The SMILES string of the molecule is Cn1c(-c2ccc(Br)cc2)cnc1NCc1c(Cl)cccc1Cl.O=C(O)C(=O)O. The van der Waals surface area contributed by atoms with Crippen molar-refractivity contribution >= 4 is 57.0 Å². The van der Waals surface area contributed by atoms with Crippen molar-refractivity contribution < 1.29 is 19.8 Å². The number of aliphatic carboxylic acids is 2. The lowest BCUT2D eigenvalue weighted by atomic mass is 10.2. The average molecular weight is 501 g/mol. The number of rotatable bonds is 4. The molecule has 0 amide bonds. The summed E-state index contributed by atoms with van der Waals surface area (Å²) in [4.78, 5) is 22.6. The van der Waals surface area contributed by atoms with Crippen LogP contribution in [0.1, 0.15) is 5.56 Å². The molecule has 0 spiro atoms. The standard InChI is InChI=1S/C17H14BrCl2N3.C2H2O4/c1-23-16(11-5-7-12(18)8-6-11)10-22-17(23)21-9-13-14(19)3-2-4-15(13)20;3-1(4)2(5)6/h2-8,10H,9H2,1H3,(H,21,22);(H,3,4)(H,5,6). The number of nitrogens with one attached hydrogen (secondary N) is 1. The Bertz CT molecular complexity index is 991. The summed E-state index contributed by atoms with van der Waals surface area (Å²) >= 11 is 15.8. The molecule has 0 radical (unpaired) electrons. The molecule has 10 heteroatoms. The van der Waals surface area contributed by atoms with Crippen molar-refractivity contribution in [2.45, 2.75) is 6.54 Å². The zero-order valence-corrected chi connectivity index (χ0v) is 18.2. The van der Waals surface area contributed by atoms with Crippen LogP contribution in [0.2, 0.25) is 10.0 Å². The van der Waals surface area contributed by atoms with Crippen LogP contribution in [-0.2, 0) is 23.2 Å². The Hall–Kier alpha value is -2.55. The minimum atomic E-state index is -1.82. The maximum Gasteiger partial charge on any atom is 0.414 e. The third kappa shape index (κ3) is 6.22. The smallest absolute Gasteiger partial charge is 0.414 e. The van der Waals surface area contributed by atoms with Gasteiger partial charge in [-0.25, -0.2) is 14.6 Å². The second kappa shape index (κ2) is 10.3. The van der Waals surface area contributed by atoms with E-state index in [1.165, 1.54) is 0 Å². The van der Waals surface area contributed by atoms with Crippen LogP contribution in [0.25, 0.3) is 11.3 Å². The summed E-state index contributed by atoms with van der Waals surface area (Å²) in [6.07, 6.45) is 1.85. The number of aromatic nitrogens is 2. The van der Waals surface area contributed by atoms with E-state index in [1.807, 2.05) is 48.1 Å². The number of carbonyl (C=O) groups is 2. The molecule has 0 aliphatic carbocycles. The quantitative estimate of drug-likeness (QED) is 0.439. The summed E-state index contributed by atoms with van der Waals surface area (Å²) in [5.41, 5.74) is 3.00. The molecule has 0 saturated carbocycles. The van der Waals surface area contributed by atoms with E-state index in [9.17, 15) is 0 Å². The van der Waals surface area contributed by atoms with E-state index in [0.717, 1.165) is 27.2 Å². The fraction of sp³-hybridized carbons (Fsp3) is 0.105. The highest BCUT2D eigenvalue weighted by atomic mass is 79.9. The van der Waals surface area contributed by atoms with Gasteiger partial charge in [-0.15, -0.1) is 0 Å². The van der Waals surface area contributed by atoms with Crippen molar-refractivity contribution in [1.82, 2.24) is 9.55 Å². The van der Waals surface area contributed by atoms with Crippen LogP contribution in [0.3, 0.4) is 0 Å². The lowest BCUT2D eigenvalue weighted by Gasteiger charge is -2.10. The summed E-state index contributed by atoms with van der Waals surface area (Å²) in [7, 11) is 1.97. The van der Waals surface area contributed by atoms with Crippen molar-refractivity contribution in [2.75, 3.05) is 5.32 Å². The molecule has 1 aromatic heterocycles. The molecule has 3 N–H and O–H groups in total. The monoisotopic (exact) mass is 499 g/mol. The number of halogens is 3. The van der Waals surface area contributed by atoms with Gasteiger partial charge in [-0.2, -0.15) is 0 Å². The van der Waals surface area contributed by atoms with Crippen molar-refractivity contribution in [3.05, 3.63) is 68.7 Å². The summed E-state index contributed by atoms with van der Waals surface area (Å²) < 4.78 is 3.06. The topological polar surface area (TPSA) is 104 Å². The van der Waals surface area contributed by atoms with E-state index >= 15 is 0 Å². The van der Waals surface area contributed by atoms with Crippen molar-refractivity contribution in [2.24, 2.45) is 7.05 Å². The molecule has 0 saturated heterocycles. The Labute approximate surface area is 185 Å². The summed E-state index contributed by atoms with van der Waals surface area (Å²) in [5, 5.41) is 19.4. The maximum atomic E-state index is 9.10. The fourth-order valence-electron chi connectivity index (χ4n) is 2.33. The highest BCUT2D eigenvalue weighted by Gasteiger charge is 2.10. The molecule has 152 valence electrons. The van der Waals surface area contributed by atoms with Crippen LogP contribution in [0.15, 0.2) is 53.1 Å². The van der Waals surface area contributed by atoms with Gasteiger partial charge in [-0.3, -0.25) is 0 Å². The molecular weight excluding hydrogens is 485 g/mol. The number of carboxylic acid groups (broad SMARTS) is 2. The van der Waals surface area contributed by atoms with E-state index in [0.29, 0.717) is 16.6 Å². The van der Waals surface area contributed by atoms with Gasteiger partial charge in [0.2, 0.25) is 5.95 Å². The third-order valence-corrected chi connectivity index (χ3v) is 5.03. The summed E-state index contributed by atoms with van der Waals surface area (Å²) in [6, 6.07) is 13.6. The second-order valence-electron chi connectivity index (χ2n) is 5.70. The second-order valence-corrected chi connectivity index (χ2v) is 7.43. The number of nitrogens with zero attached hydrogens (tertiary/aromatic N) is 2. The molecule has 29 heavy (non-hydrogen) atoms. The number of hydrogen-bond acceptors (Lipinski definition) is 4. The van der Waals surface area contributed by atoms with Crippen LogP contribution >= 0.6 is 39.1 Å². The molecule has 0 aliphatic rings. The Morgan fingerprint density at radius 2 is 1.62 bits per heavy atom. The summed E-state index contributed by atoms with van der Waals surface area (Å²) in [5.74, 6) is -2.89. The van der Waals surface area contributed by atoms with Gasteiger partial charge in [-0.05, 0) is 29.8 Å². The van der Waals surface area contributed by atoms with Crippen molar-refractivity contribution in [3.8, 4) is 11.3 Å². The molecule has 0 atom stereocenters. The molecule has 1 heterocycles. The van der Waals surface area contributed by atoms with Crippen molar-refractivity contribution in [1.29, 1.82) is 0 Å². The molecule has 0 unspecified atom stereocenters. The summed E-state index contributed by atoms with van der Waals surface area (Å²) in [6.45, 7) is 0.517. The minimum absolute atomic E-state index is 0.517. The number of carboxylic acids is 2. The minimum Gasteiger partial charge on any atom is -0.473 e. The molecule has 0 aliphatic heterocycles. The molecule has 0 fully saturated rings. The predicted molar refractivity (Wildman–Crippen MR) is 115 cm³/mol. The highest BCUT2D eigenvalue weighted by Crippen LogP contribution is 2.27. The first-order chi connectivity index (χ1) is 13.7. The molecule has 7 nitrogen and oxygen atoms in total. The first-order valence-corrected chi connectivity index (χ1v) is 9.66. The Morgan fingerprint density at radius 3 is 2.14 bits per heavy atom. The fourth-order valence-corrected chi connectivity index (χ4v) is 3.13. The molecule has 3 rings (SSSR count). The van der Waals surface area contributed by atoms with Crippen LogP contribution in [0, 0.1) is 0 Å². The van der Waals surface area contributed by atoms with Crippen molar-refractivity contribution in [3.63, 3.8) is 0 Å². The van der Waals surface area contributed by atoms with Gasteiger partial charge >= 0.3 is 11.9 Å². The maximum absolute atomic E-state index is 9.10. The third-order valence-electron chi connectivity index (χ3n) is 3.80. The van der Waals surface area contributed by atoms with Gasteiger partial charge in [0.15, 0.2) is 0 Å². The van der Waals surface area contributed by atoms with Crippen LogP contribution in [0.5, 0.6) is 0 Å². The van der Waals surface area contributed by atoms with Crippen LogP contribution in [-0.4, -0.2) is 31.7 Å². The number of hydrogen-bond donors (Lipinski definition) is 3. The number of anilines is 1. The molecule has 0 bridgehead atoms. The van der Waals surface area contributed by atoms with E-state index in [1.54, 1.807) is 0 Å².